The Morgan fingerprint density at radius 1 is 1.50 bits per heavy atom. The van der Waals surface area contributed by atoms with E-state index >= 15 is 0 Å². The summed E-state index contributed by atoms with van der Waals surface area (Å²) in [6.07, 6.45) is 0. The number of aryl methyl sites for hydroxylation is 1. The van der Waals surface area contributed by atoms with Crippen LogP contribution in [0.3, 0.4) is 0 Å². The third-order valence-electron chi connectivity index (χ3n) is 2.51. The van der Waals surface area contributed by atoms with Gasteiger partial charge in [0.05, 0.1) is 27.9 Å². The molecular weight excluding hydrogens is 268 g/mol. The summed E-state index contributed by atoms with van der Waals surface area (Å²) in [5.74, 6) is -0.360. The van der Waals surface area contributed by atoms with Crippen molar-refractivity contribution in [3.63, 3.8) is 0 Å². The zero-order chi connectivity index (χ0) is 13.3. The molecule has 0 amide bonds. The summed E-state index contributed by atoms with van der Waals surface area (Å²) in [6.45, 7) is 5.98. The summed E-state index contributed by atoms with van der Waals surface area (Å²) < 4.78 is 4.99. The van der Waals surface area contributed by atoms with Gasteiger partial charge in [-0.05, 0) is 26.3 Å². The van der Waals surface area contributed by atoms with Crippen molar-refractivity contribution in [3.8, 4) is 10.6 Å². The lowest BCUT2D eigenvalue weighted by Crippen LogP contribution is -2.05. The van der Waals surface area contributed by atoms with Crippen LogP contribution in [0.15, 0.2) is 5.38 Å². The van der Waals surface area contributed by atoms with Gasteiger partial charge < -0.3 is 10.5 Å². The van der Waals surface area contributed by atoms with Gasteiger partial charge in [-0.2, -0.15) is 0 Å². The average Bonchev–Trinajstić information content (AvgIpc) is 2.86. The SMILES string of the molecule is CCOC(=O)c1sc(-c2csc(C)n2)c(C)c1N. The Labute approximate surface area is 113 Å². The first-order chi connectivity index (χ1) is 8.54. The Balaban J connectivity index is 2.45. The zero-order valence-corrected chi connectivity index (χ0v) is 12.1. The molecule has 0 unspecified atom stereocenters. The number of nitrogens with zero attached hydrogens (tertiary/aromatic N) is 1. The summed E-state index contributed by atoms with van der Waals surface area (Å²) in [7, 11) is 0. The maximum Gasteiger partial charge on any atom is 0.350 e. The average molecular weight is 282 g/mol. The summed E-state index contributed by atoms with van der Waals surface area (Å²) in [5.41, 5.74) is 8.24. The van der Waals surface area contributed by atoms with Crippen molar-refractivity contribution in [2.45, 2.75) is 20.8 Å². The van der Waals surface area contributed by atoms with E-state index in [2.05, 4.69) is 4.98 Å². The Morgan fingerprint density at radius 3 is 2.78 bits per heavy atom. The topological polar surface area (TPSA) is 65.2 Å². The number of rotatable bonds is 3. The number of esters is 1. The summed E-state index contributed by atoms with van der Waals surface area (Å²) in [6, 6.07) is 0. The van der Waals surface area contributed by atoms with E-state index in [1.807, 2.05) is 19.2 Å². The maximum atomic E-state index is 11.8. The number of carbonyl (C=O) groups excluding carboxylic acids is 1. The molecule has 0 saturated carbocycles. The quantitative estimate of drug-likeness (QED) is 0.878. The number of thiazole rings is 1. The second-order valence-electron chi connectivity index (χ2n) is 3.77. The highest BCUT2D eigenvalue weighted by molar-refractivity contribution is 7.18. The molecule has 0 atom stereocenters. The van der Waals surface area contributed by atoms with Crippen LogP contribution < -0.4 is 5.73 Å². The number of anilines is 1. The van der Waals surface area contributed by atoms with Crippen LogP contribution in [-0.4, -0.2) is 17.6 Å². The van der Waals surface area contributed by atoms with E-state index in [0.29, 0.717) is 17.2 Å². The molecule has 2 rings (SSSR count). The van der Waals surface area contributed by atoms with Gasteiger partial charge in [-0.1, -0.05) is 0 Å². The summed E-state index contributed by atoms with van der Waals surface area (Å²) >= 11 is 2.93. The monoisotopic (exact) mass is 282 g/mol. The zero-order valence-electron chi connectivity index (χ0n) is 10.4. The van der Waals surface area contributed by atoms with Crippen LogP contribution >= 0.6 is 22.7 Å². The predicted molar refractivity (Wildman–Crippen MR) is 75.3 cm³/mol. The minimum atomic E-state index is -0.360. The molecular formula is C12H14N2O2S2. The normalized spacial score (nSPS) is 10.6. The third-order valence-corrected chi connectivity index (χ3v) is 4.59. The van der Waals surface area contributed by atoms with Crippen LogP contribution in [0.2, 0.25) is 0 Å². The number of nitrogens with two attached hydrogens (primary N) is 1. The van der Waals surface area contributed by atoms with Crippen LogP contribution in [0.4, 0.5) is 5.69 Å². The highest BCUT2D eigenvalue weighted by Crippen LogP contribution is 2.38. The van der Waals surface area contributed by atoms with Gasteiger partial charge >= 0.3 is 5.97 Å². The van der Waals surface area contributed by atoms with Crippen molar-refractivity contribution in [1.82, 2.24) is 4.98 Å². The van der Waals surface area contributed by atoms with E-state index in [-0.39, 0.29) is 5.97 Å². The van der Waals surface area contributed by atoms with E-state index < -0.39 is 0 Å². The van der Waals surface area contributed by atoms with E-state index in [1.165, 1.54) is 11.3 Å². The fourth-order valence-electron chi connectivity index (χ4n) is 1.59. The second-order valence-corrected chi connectivity index (χ2v) is 5.85. The van der Waals surface area contributed by atoms with Gasteiger partial charge in [0.1, 0.15) is 4.88 Å². The number of thiophene rings is 1. The Hall–Kier alpha value is -1.40. The van der Waals surface area contributed by atoms with Crippen molar-refractivity contribution in [1.29, 1.82) is 0 Å². The molecule has 0 aliphatic rings. The van der Waals surface area contributed by atoms with Crippen molar-refractivity contribution in [2.75, 3.05) is 12.3 Å². The first-order valence-electron chi connectivity index (χ1n) is 5.53. The highest BCUT2D eigenvalue weighted by atomic mass is 32.1. The van der Waals surface area contributed by atoms with Gasteiger partial charge in [0, 0.05) is 5.38 Å². The molecule has 6 heteroatoms. The van der Waals surface area contributed by atoms with Crippen LogP contribution in [0.1, 0.15) is 27.2 Å². The van der Waals surface area contributed by atoms with Crippen LogP contribution in [0, 0.1) is 13.8 Å². The van der Waals surface area contributed by atoms with Crippen molar-refractivity contribution in [2.24, 2.45) is 0 Å². The fraction of sp³-hybridized carbons (Fsp3) is 0.333. The van der Waals surface area contributed by atoms with Gasteiger partial charge in [0.25, 0.3) is 0 Å². The smallest absolute Gasteiger partial charge is 0.350 e. The highest BCUT2D eigenvalue weighted by Gasteiger charge is 2.21. The first-order valence-corrected chi connectivity index (χ1v) is 7.22. The molecule has 0 bridgehead atoms. The molecule has 0 radical (unpaired) electrons. The molecule has 18 heavy (non-hydrogen) atoms. The molecule has 0 aromatic carbocycles. The molecule has 0 aliphatic heterocycles. The molecule has 0 aliphatic carbocycles. The summed E-state index contributed by atoms with van der Waals surface area (Å²) in [5, 5.41) is 2.97. The lowest BCUT2D eigenvalue weighted by molar-refractivity contribution is 0.0533. The number of hydrogen-bond donors (Lipinski definition) is 1. The first kappa shape index (κ1) is 13.0. The van der Waals surface area contributed by atoms with Crippen molar-refractivity contribution < 1.29 is 9.53 Å². The standard InChI is InChI=1S/C12H14N2O2S2/c1-4-16-12(15)11-9(13)6(2)10(18-11)8-5-17-7(3)14-8/h5H,4,13H2,1-3H3. The van der Waals surface area contributed by atoms with Gasteiger partial charge in [0.2, 0.25) is 0 Å². The van der Waals surface area contributed by atoms with E-state index in [0.717, 1.165) is 21.1 Å². The van der Waals surface area contributed by atoms with E-state index in [9.17, 15) is 4.79 Å². The number of ether oxygens (including phenoxy) is 1. The molecule has 2 aromatic heterocycles. The van der Waals surface area contributed by atoms with Crippen molar-refractivity contribution >= 4 is 34.3 Å². The largest absolute Gasteiger partial charge is 0.462 e. The molecule has 2 heterocycles. The van der Waals surface area contributed by atoms with E-state index in [1.54, 1.807) is 18.3 Å². The molecule has 2 N–H and O–H groups in total. The van der Waals surface area contributed by atoms with Crippen LogP contribution in [0.25, 0.3) is 10.6 Å². The lowest BCUT2D eigenvalue weighted by atomic mass is 10.2. The minimum Gasteiger partial charge on any atom is -0.462 e. The molecule has 0 saturated heterocycles. The van der Waals surface area contributed by atoms with E-state index in [4.69, 9.17) is 10.5 Å². The van der Waals surface area contributed by atoms with Crippen LogP contribution in [-0.2, 0) is 4.74 Å². The molecule has 4 nitrogen and oxygen atoms in total. The third kappa shape index (κ3) is 2.26. The van der Waals surface area contributed by atoms with Gasteiger partial charge in [-0.3, -0.25) is 0 Å². The molecule has 0 spiro atoms. The Morgan fingerprint density at radius 2 is 2.22 bits per heavy atom. The number of nitrogen functional groups attached to an aromatic ring is 1. The van der Waals surface area contributed by atoms with Gasteiger partial charge in [0.15, 0.2) is 0 Å². The Bertz CT molecular complexity index is 587. The van der Waals surface area contributed by atoms with Gasteiger partial charge in [-0.25, -0.2) is 9.78 Å². The lowest BCUT2D eigenvalue weighted by Gasteiger charge is -1.99. The molecule has 2 aromatic rings. The Kier molecular flexibility index (Phi) is 3.68. The number of aromatic nitrogens is 1. The second kappa shape index (κ2) is 5.07. The summed E-state index contributed by atoms with van der Waals surface area (Å²) in [4.78, 5) is 17.6. The van der Waals surface area contributed by atoms with Gasteiger partial charge in [-0.15, -0.1) is 22.7 Å². The predicted octanol–water partition coefficient (Wildman–Crippen LogP) is 3.25. The molecule has 96 valence electrons. The number of hydrogen-bond acceptors (Lipinski definition) is 6. The molecule has 0 fully saturated rings. The van der Waals surface area contributed by atoms with Crippen molar-refractivity contribution in [3.05, 3.63) is 20.8 Å². The number of carbonyl (C=O) groups is 1. The minimum absolute atomic E-state index is 0.348. The maximum absolute atomic E-state index is 11.8. The van der Waals surface area contributed by atoms with Crippen LogP contribution in [0.5, 0.6) is 0 Å². The fourth-order valence-corrected chi connectivity index (χ4v) is 3.35.